The quantitative estimate of drug-likeness (QED) is 0.813. The lowest BCUT2D eigenvalue weighted by Gasteiger charge is -2.32. The third kappa shape index (κ3) is 4.43. The van der Waals surface area contributed by atoms with Crippen molar-refractivity contribution in [3.8, 4) is 5.75 Å². The number of thioether (sulfide) groups is 1. The summed E-state index contributed by atoms with van der Waals surface area (Å²) in [5.74, 6) is -2.96. The van der Waals surface area contributed by atoms with Crippen molar-refractivity contribution < 1.29 is 28.0 Å². The number of phenols is 1. The maximum Gasteiger partial charge on any atom is 0.491 e. The van der Waals surface area contributed by atoms with E-state index in [-0.39, 0.29) is 16.4 Å². The molecule has 0 saturated carbocycles. The van der Waals surface area contributed by atoms with Gasteiger partial charge in [0.25, 0.3) is 0 Å². The molecule has 1 saturated heterocycles. The van der Waals surface area contributed by atoms with Crippen LogP contribution in [0.1, 0.15) is 40.2 Å². The Balaban J connectivity index is 2.38. The van der Waals surface area contributed by atoms with Crippen LogP contribution in [-0.4, -0.2) is 34.3 Å². The molecule has 4 nitrogen and oxygen atoms in total. The summed E-state index contributed by atoms with van der Waals surface area (Å²) in [7, 11) is -0.730. The number of phenolic OH excluding ortho intramolecular Hbond substituents is 1. The van der Waals surface area contributed by atoms with Gasteiger partial charge in [-0.05, 0) is 50.9 Å². The molecule has 0 bridgehead atoms. The minimum Gasteiger partial charge on any atom is -0.505 e. The minimum atomic E-state index is -1.30. The second-order valence-corrected chi connectivity index (χ2v) is 8.08. The van der Waals surface area contributed by atoms with Gasteiger partial charge < -0.3 is 14.4 Å². The standard InChI is InChI=1S/C17H21BF2O4S/c1-10(21)25-9-12(18-23-16(2,3)17(4,5)24-18)6-11-7-13(19)15(20)14(22)8-11/h6-8,22H,9H2,1-5H3. The van der Waals surface area contributed by atoms with Gasteiger partial charge in [0.1, 0.15) is 0 Å². The molecule has 0 unspecified atom stereocenters. The van der Waals surface area contributed by atoms with E-state index < -0.39 is 35.7 Å². The first-order valence-corrected chi connectivity index (χ1v) is 8.79. The van der Waals surface area contributed by atoms with Crippen LogP contribution >= 0.6 is 11.8 Å². The van der Waals surface area contributed by atoms with Crippen LogP contribution in [0.4, 0.5) is 8.78 Å². The Morgan fingerprint density at radius 1 is 1.24 bits per heavy atom. The van der Waals surface area contributed by atoms with Gasteiger partial charge in [0.05, 0.1) is 11.2 Å². The molecular weight excluding hydrogens is 349 g/mol. The zero-order valence-corrected chi connectivity index (χ0v) is 15.7. The number of benzene rings is 1. The lowest BCUT2D eigenvalue weighted by Crippen LogP contribution is -2.41. The van der Waals surface area contributed by atoms with Gasteiger partial charge in [0, 0.05) is 12.7 Å². The topological polar surface area (TPSA) is 55.8 Å². The average Bonchev–Trinajstić information content (AvgIpc) is 2.68. The molecule has 1 N–H and O–H groups in total. The summed E-state index contributed by atoms with van der Waals surface area (Å²) < 4.78 is 38.7. The van der Waals surface area contributed by atoms with Gasteiger partial charge in [-0.1, -0.05) is 17.8 Å². The van der Waals surface area contributed by atoms with Crippen LogP contribution in [0.15, 0.2) is 17.6 Å². The largest absolute Gasteiger partial charge is 0.505 e. The van der Waals surface area contributed by atoms with Crippen LogP contribution < -0.4 is 0 Å². The Bertz CT molecular complexity index is 680. The molecule has 0 amide bonds. The number of aromatic hydroxyl groups is 1. The summed E-state index contributed by atoms with van der Waals surface area (Å²) in [5, 5.41) is 9.39. The summed E-state index contributed by atoms with van der Waals surface area (Å²) in [6.45, 7) is 9.02. The smallest absolute Gasteiger partial charge is 0.491 e. The molecule has 136 valence electrons. The van der Waals surface area contributed by atoms with E-state index in [9.17, 15) is 18.7 Å². The monoisotopic (exact) mass is 370 g/mol. The molecule has 0 atom stereocenters. The predicted molar refractivity (Wildman–Crippen MR) is 95.2 cm³/mol. The van der Waals surface area contributed by atoms with Gasteiger partial charge in [-0.15, -0.1) is 0 Å². The lowest BCUT2D eigenvalue weighted by molar-refractivity contribution is -0.109. The van der Waals surface area contributed by atoms with Crippen LogP contribution in [0.3, 0.4) is 0 Å². The van der Waals surface area contributed by atoms with Crippen molar-refractivity contribution >= 4 is 30.1 Å². The summed E-state index contributed by atoms with van der Waals surface area (Å²) >= 11 is 1.06. The van der Waals surface area contributed by atoms with Crippen molar-refractivity contribution in [2.45, 2.75) is 45.8 Å². The van der Waals surface area contributed by atoms with Gasteiger partial charge >= 0.3 is 7.12 Å². The molecule has 1 aliphatic heterocycles. The number of rotatable bonds is 4. The summed E-state index contributed by atoms with van der Waals surface area (Å²) in [4.78, 5) is 11.3. The van der Waals surface area contributed by atoms with E-state index in [4.69, 9.17) is 9.31 Å². The summed E-state index contributed by atoms with van der Waals surface area (Å²) in [6.07, 6.45) is 1.54. The fourth-order valence-corrected chi connectivity index (χ4v) is 2.84. The Kier molecular flexibility index (Phi) is 5.66. The SMILES string of the molecule is CC(=O)SCC(=Cc1cc(O)c(F)c(F)c1)B1OC(C)(C)C(C)(C)O1. The van der Waals surface area contributed by atoms with Crippen LogP contribution in [0.2, 0.25) is 0 Å². The van der Waals surface area contributed by atoms with Gasteiger partial charge in [-0.2, -0.15) is 4.39 Å². The maximum atomic E-state index is 13.5. The van der Waals surface area contributed by atoms with E-state index in [0.717, 1.165) is 23.9 Å². The molecule has 1 aromatic rings. The van der Waals surface area contributed by atoms with Crippen LogP contribution in [-0.2, 0) is 14.1 Å². The van der Waals surface area contributed by atoms with Crippen LogP contribution in [0, 0.1) is 11.6 Å². The van der Waals surface area contributed by atoms with Crippen LogP contribution in [0.5, 0.6) is 5.75 Å². The minimum absolute atomic E-state index is 0.0875. The third-order valence-corrected chi connectivity index (χ3v) is 5.27. The van der Waals surface area contributed by atoms with E-state index in [1.54, 1.807) is 6.08 Å². The molecule has 1 aliphatic rings. The van der Waals surface area contributed by atoms with Crippen molar-refractivity contribution in [3.05, 3.63) is 34.8 Å². The zero-order chi connectivity index (χ0) is 19.0. The molecule has 0 aliphatic carbocycles. The molecule has 0 spiro atoms. The number of halogens is 2. The highest BCUT2D eigenvalue weighted by Gasteiger charge is 2.52. The normalized spacial score (nSPS) is 19.3. The molecule has 1 heterocycles. The molecule has 0 radical (unpaired) electrons. The van der Waals surface area contributed by atoms with Crippen molar-refractivity contribution in [1.82, 2.24) is 0 Å². The Morgan fingerprint density at radius 3 is 2.28 bits per heavy atom. The number of carbonyl (C=O) groups is 1. The van der Waals surface area contributed by atoms with E-state index in [1.165, 1.54) is 6.92 Å². The number of hydrogen-bond acceptors (Lipinski definition) is 5. The zero-order valence-electron chi connectivity index (χ0n) is 14.9. The Hall–Kier alpha value is -1.38. The Morgan fingerprint density at radius 2 is 1.80 bits per heavy atom. The van der Waals surface area contributed by atoms with Gasteiger partial charge in [0.2, 0.25) is 0 Å². The molecular formula is C17H21BF2O4S. The van der Waals surface area contributed by atoms with Crippen molar-refractivity contribution in [1.29, 1.82) is 0 Å². The first kappa shape index (κ1) is 19.9. The highest BCUT2D eigenvalue weighted by Crippen LogP contribution is 2.39. The lowest BCUT2D eigenvalue weighted by atomic mass is 9.78. The van der Waals surface area contributed by atoms with Gasteiger partial charge in [-0.25, -0.2) is 4.39 Å². The number of carbonyl (C=O) groups excluding carboxylic acids is 1. The molecule has 1 aromatic carbocycles. The van der Waals surface area contributed by atoms with E-state index in [0.29, 0.717) is 5.47 Å². The van der Waals surface area contributed by atoms with Crippen molar-refractivity contribution in [3.63, 3.8) is 0 Å². The van der Waals surface area contributed by atoms with E-state index in [1.807, 2.05) is 27.7 Å². The van der Waals surface area contributed by atoms with Gasteiger partial charge in [-0.3, -0.25) is 4.79 Å². The highest BCUT2D eigenvalue weighted by molar-refractivity contribution is 8.13. The first-order valence-electron chi connectivity index (χ1n) is 7.80. The fourth-order valence-electron chi connectivity index (χ4n) is 2.25. The third-order valence-electron chi connectivity index (χ3n) is 4.38. The molecule has 8 heteroatoms. The average molecular weight is 370 g/mol. The van der Waals surface area contributed by atoms with E-state index in [2.05, 4.69) is 0 Å². The highest BCUT2D eigenvalue weighted by atomic mass is 32.2. The second-order valence-electron chi connectivity index (χ2n) is 6.92. The Labute approximate surface area is 150 Å². The summed E-state index contributed by atoms with van der Waals surface area (Å²) in [5.41, 5.74) is -0.309. The second kappa shape index (κ2) is 7.09. The van der Waals surface area contributed by atoms with Crippen LogP contribution in [0.25, 0.3) is 6.08 Å². The predicted octanol–water partition coefficient (Wildman–Crippen LogP) is 3.96. The van der Waals surface area contributed by atoms with Crippen molar-refractivity contribution in [2.75, 3.05) is 5.75 Å². The summed E-state index contributed by atoms with van der Waals surface area (Å²) in [6, 6.07) is 2.08. The molecule has 25 heavy (non-hydrogen) atoms. The number of hydrogen-bond donors (Lipinski definition) is 1. The maximum absolute atomic E-state index is 13.5. The van der Waals surface area contributed by atoms with Crippen molar-refractivity contribution in [2.24, 2.45) is 0 Å². The molecule has 1 fully saturated rings. The fraction of sp³-hybridized carbons (Fsp3) is 0.471. The molecule has 0 aromatic heterocycles. The first-order chi connectivity index (χ1) is 11.4. The molecule has 2 rings (SSSR count). The van der Waals surface area contributed by atoms with E-state index >= 15 is 0 Å². The van der Waals surface area contributed by atoms with Gasteiger partial charge in [0.15, 0.2) is 22.5 Å².